The molecule has 1 heterocycles. The Kier molecular flexibility index (Phi) is 4.11. The van der Waals surface area contributed by atoms with E-state index >= 15 is 0 Å². The fourth-order valence-electron chi connectivity index (χ4n) is 4.45. The molecule has 0 aromatic heterocycles. The normalized spacial score (nSPS) is 18.5. The molecule has 0 bridgehead atoms. The number of carbonyl (C=O) groups excluding carboxylic acids is 1. The van der Waals surface area contributed by atoms with Gasteiger partial charge in [0.15, 0.2) is 5.78 Å². The third-order valence-electron chi connectivity index (χ3n) is 6.01. The van der Waals surface area contributed by atoms with Crippen LogP contribution < -0.4 is 5.32 Å². The summed E-state index contributed by atoms with van der Waals surface area (Å²) in [7, 11) is 0. The van der Waals surface area contributed by atoms with Crippen LogP contribution in [0.25, 0.3) is 6.08 Å². The van der Waals surface area contributed by atoms with Crippen LogP contribution in [0.15, 0.2) is 54.1 Å². The lowest BCUT2D eigenvalue weighted by Gasteiger charge is -2.37. The van der Waals surface area contributed by atoms with Crippen molar-refractivity contribution < 1.29 is 4.79 Å². The Labute approximate surface area is 156 Å². The Bertz CT molecular complexity index is 862. The summed E-state index contributed by atoms with van der Waals surface area (Å²) < 4.78 is 0. The van der Waals surface area contributed by atoms with Gasteiger partial charge in [0.05, 0.1) is 0 Å². The van der Waals surface area contributed by atoms with E-state index in [1.807, 2.05) is 12.1 Å². The van der Waals surface area contributed by atoms with E-state index in [0.717, 1.165) is 37.1 Å². The minimum Gasteiger partial charge on any atom is -0.317 e. The number of benzene rings is 2. The summed E-state index contributed by atoms with van der Waals surface area (Å²) in [6.07, 6.45) is 4.12. The summed E-state index contributed by atoms with van der Waals surface area (Å²) in [6, 6.07) is 16.7. The molecule has 1 saturated heterocycles. The molecule has 1 aliphatic carbocycles. The van der Waals surface area contributed by atoms with E-state index in [0.29, 0.717) is 0 Å². The number of hydrogen-bond donors (Lipinski definition) is 1. The lowest BCUT2D eigenvalue weighted by molar-refractivity contribution is 0.101. The number of allylic oxidation sites excluding steroid dienone is 1. The van der Waals surface area contributed by atoms with E-state index in [2.05, 4.69) is 68.6 Å². The summed E-state index contributed by atoms with van der Waals surface area (Å²) >= 11 is 0. The number of carbonyl (C=O) groups is 1. The van der Waals surface area contributed by atoms with Crippen molar-refractivity contribution >= 4 is 11.9 Å². The van der Waals surface area contributed by atoms with Gasteiger partial charge in [-0.2, -0.15) is 0 Å². The average molecular weight is 345 g/mol. The molecule has 2 heteroatoms. The van der Waals surface area contributed by atoms with Crippen LogP contribution in [0.5, 0.6) is 0 Å². The maximum absolute atomic E-state index is 13.5. The molecular formula is C24H27NO. The van der Waals surface area contributed by atoms with Crippen LogP contribution in [-0.2, 0) is 10.8 Å². The molecule has 2 aromatic carbocycles. The van der Waals surface area contributed by atoms with Crippen LogP contribution in [0.3, 0.4) is 0 Å². The van der Waals surface area contributed by atoms with Crippen LogP contribution in [0.4, 0.5) is 0 Å². The highest BCUT2D eigenvalue weighted by Gasteiger charge is 2.44. The molecule has 0 radical (unpaired) electrons. The number of Topliss-reactive ketones (excluding diaryl/α,β-unsaturated/α-hetero) is 1. The monoisotopic (exact) mass is 345 g/mol. The molecule has 2 aliphatic rings. The van der Waals surface area contributed by atoms with Gasteiger partial charge in [-0.3, -0.25) is 4.79 Å². The molecule has 1 N–H and O–H groups in total. The zero-order valence-electron chi connectivity index (χ0n) is 15.9. The predicted molar refractivity (Wildman–Crippen MR) is 108 cm³/mol. The first-order chi connectivity index (χ1) is 12.4. The quantitative estimate of drug-likeness (QED) is 0.786. The van der Waals surface area contributed by atoms with Gasteiger partial charge in [-0.05, 0) is 54.1 Å². The van der Waals surface area contributed by atoms with Gasteiger partial charge in [-0.1, -0.05) is 69.3 Å². The Balaban J connectivity index is 1.73. The van der Waals surface area contributed by atoms with Crippen molar-refractivity contribution in [3.05, 3.63) is 76.4 Å². The summed E-state index contributed by atoms with van der Waals surface area (Å²) in [5.41, 5.74) is 5.55. The fourth-order valence-corrected chi connectivity index (χ4v) is 4.45. The SMILES string of the molecule is CC(C)(C)c1ccc(C(=O)C2=Cc3ccccc3C23CCNCC3)cc1. The smallest absolute Gasteiger partial charge is 0.189 e. The van der Waals surface area contributed by atoms with Crippen LogP contribution in [0.1, 0.15) is 60.7 Å². The highest BCUT2D eigenvalue weighted by Crippen LogP contribution is 2.48. The third-order valence-corrected chi connectivity index (χ3v) is 6.01. The molecule has 26 heavy (non-hydrogen) atoms. The second-order valence-corrected chi connectivity index (χ2v) is 8.63. The van der Waals surface area contributed by atoms with Crippen molar-refractivity contribution in [1.29, 1.82) is 0 Å². The molecule has 1 aliphatic heterocycles. The largest absolute Gasteiger partial charge is 0.317 e. The van der Waals surface area contributed by atoms with Gasteiger partial charge in [-0.15, -0.1) is 0 Å². The zero-order valence-corrected chi connectivity index (χ0v) is 15.9. The molecule has 0 saturated carbocycles. The Morgan fingerprint density at radius 3 is 2.27 bits per heavy atom. The molecule has 0 unspecified atom stereocenters. The van der Waals surface area contributed by atoms with Crippen molar-refractivity contribution in [2.75, 3.05) is 13.1 Å². The highest BCUT2D eigenvalue weighted by atomic mass is 16.1. The minimum absolute atomic E-state index is 0.0979. The van der Waals surface area contributed by atoms with Crippen molar-refractivity contribution in [3.8, 4) is 0 Å². The predicted octanol–water partition coefficient (Wildman–Crippen LogP) is 4.89. The number of piperidine rings is 1. The topological polar surface area (TPSA) is 29.1 Å². The number of ketones is 1. The van der Waals surface area contributed by atoms with Crippen molar-refractivity contribution in [2.45, 2.75) is 44.4 Å². The van der Waals surface area contributed by atoms with Crippen LogP contribution in [-0.4, -0.2) is 18.9 Å². The van der Waals surface area contributed by atoms with E-state index < -0.39 is 0 Å². The number of rotatable bonds is 2. The number of hydrogen-bond acceptors (Lipinski definition) is 2. The van der Waals surface area contributed by atoms with E-state index in [-0.39, 0.29) is 16.6 Å². The Morgan fingerprint density at radius 2 is 1.62 bits per heavy atom. The van der Waals surface area contributed by atoms with E-state index in [1.54, 1.807) is 0 Å². The first-order valence-electron chi connectivity index (χ1n) is 9.59. The van der Waals surface area contributed by atoms with Gasteiger partial charge in [0.2, 0.25) is 0 Å². The standard InChI is InChI=1S/C24H27NO/c1-23(2,3)19-10-8-17(9-11-19)22(26)21-16-18-6-4-5-7-20(18)24(21)12-14-25-15-13-24/h4-11,16,25H,12-15H2,1-3H3. The maximum Gasteiger partial charge on any atom is 0.189 e. The van der Waals surface area contributed by atoms with Gasteiger partial charge in [-0.25, -0.2) is 0 Å². The molecule has 0 amide bonds. The molecular weight excluding hydrogens is 318 g/mol. The van der Waals surface area contributed by atoms with Crippen molar-refractivity contribution in [2.24, 2.45) is 0 Å². The number of nitrogens with one attached hydrogen (secondary N) is 1. The van der Waals surface area contributed by atoms with Crippen LogP contribution in [0, 0.1) is 0 Å². The van der Waals surface area contributed by atoms with Crippen molar-refractivity contribution in [1.82, 2.24) is 5.32 Å². The van der Waals surface area contributed by atoms with Crippen molar-refractivity contribution in [3.63, 3.8) is 0 Å². The molecule has 1 spiro atoms. The highest BCUT2D eigenvalue weighted by molar-refractivity contribution is 6.14. The molecule has 1 fully saturated rings. The third kappa shape index (κ3) is 2.73. The Hall–Kier alpha value is -2.19. The summed E-state index contributed by atoms with van der Waals surface area (Å²) in [4.78, 5) is 13.5. The van der Waals surface area contributed by atoms with Gasteiger partial charge in [0.1, 0.15) is 0 Å². The van der Waals surface area contributed by atoms with E-state index in [1.165, 1.54) is 16.7 Å². The fraction of sp³-hybridized carbons (Fsp3) is 0.375. The average Bonchev–Trinajstić information content (AvgIpc) is 2.95. The minimum atomic E-state index is -0.123. The molecule has 2 nitrogen and oxygen atoms in total. The molecule has 134 valence electrons. The van der Waals surface area contributed by atoms with Gasteiger partial charge in [0.25, 0.3) is 0 Å². The first-order valence-corrected chi connectivity index (χ1v) is 9.59. The van der Waals surface area contributed by atoms with Gasteiger partial charge < -0.3 is 5.32 Å². The van der Waals surface area contributed by atoms with E-state index in [9.17, 15) is 4.79 Å². The van der Waals surface area contributed by atoms with Gasteiger partial charge in [0, 0.05) is 16.6 Å². The summed E-state index contributed by atoms with van der Waals surface area (Å²) in [6.45, 7) is 8.52. The van der Waals surface area contributed by atoms with Crippen LogP contribution >= 0.6 is 0 Å². The van der Waals surface area contributed by atoms with E-state index in [4.69, 9.17) is 0 Å². The van der Waals surface area contributed by atoms with Crippen LogP contribution in [0.2, 0.25) is 0 Å². The zero-order chi connectivity index (χ0) is 18.4. The molecule has 4 rings (SSSR count). The Morgan fingerprint density at radius 1 is 0.962 bits per heavy atom. The van der Waals surface area contributed by atoms with Gasteiger partial charge >= 0.3 is 0 Å². The lowest BCUT2D eigenvalue weighted by atomic mass is 9.69. The second kappa shape index (κ2) is 6.21. The second-order valence-electron chi connectivity index (χ2n) is 8.63. The summed E-state index contributed by atoms with van der Waals surface area (Å²) in [5, 5.41) is 3.45. The maximum atomic E-state index is 13.5. The molecule has 2 aromatic rings. The number of fused-ring (bicyclic) bond motifs is 2. The first kappa shape index (κ1) is 17.2. The summed E-state index contributed by atoms with van der Waals surface area (Å²) in [5.74, 6) is 0.184. The lowest BCUT2D eigenvalue weighted by Crippen LogP contribution is -2.41. The molecule has 0 atom stereocenters.